The Hall–Kier alpha value is -3.22. The van der Waals surface area contributed by atoms with Crippen molar-refractivity contribution in [2.24, 2.45) is 14.1 Å². The second kappa shape index (κ2) is 13.2. The first kappa shape index (κ1) is 32.0. The zero-order chi connectivity index (χ0) is 32.9. The van der Waals surface area contributed by atoms with Crippen molar-refractivity contribution < 1.29 is 14.9 Å². The Morgan fingerprint density at radius 2 is 1.94 bits per heavy atom. The van der Waals surface area contributed by atoms with Gasteiger partial charge in [-0.3, -0.25) is 9.36 Å². The number of thioether (sulfide) groups is 1. The summed E-state index contributed by atoms with van der Waals surface area (Å²) in [5.74, 6) is 1.82. The summed E-state index contributed by atoms with van der Waals surface area (Å²) in [5.41, 5.74) is 11.3. The third-order valence-corrected chi connectivity index (χ3v) is 11.9. The average Bonchev–Trinajstić information content (AvgIpc) is 3.72. The van der Waals surface area contributed by atoms with Crippen LogP contribution in [0.2, 0.25) is 5.02 Å². The van der Waals surface area contributed by atoms with E-state index >= 15 is 0 Å². The fourth-order valence-corrected chi connectivity index (χ4v) is 9.58. The number of halogens is 1. The molecule has 0 saturated heterocycles. The van der Waals surface area contributed by atoms with Crippen LogP contribution in [-0.2, 0) is 57.1 Å². The van der Waals surface area contributed by atoms with Gasteiger partial charge in [0.15, 0.2) is 6.29 Å². The van der Waals surface area contributed by atoms with Gasteiger partial charge < -0.3 is 30.2 Å². The Kier molecular flexibility index (Phi) is 8.83. The number of aliphatic hydroxyl groups excluding tert-OH is 1. The molecule has 8 rings (SSSR count). The van der Waals surface area contributed by atoms with Gasteiger partial charge in [-0.15, -0.1) is 11.8 Å². The van der Waals surface area contributed by atoms with Gasteiger partial charge in [0.25, 0.3) is 0 Å². The number of benzene rings is 1. The van der Waals surface area contributed by atoms with Gasteiger partial charge in [0.1, 0.15) is 5.76 Å². The van der Waals surface area contributed by atoms with Crippen LogP contribution in [0, 0.1) is 0 Å². The summed E-state index contributed by atoms with van der Waals surface area (Å²) in [5, 5.41) is 40.6. The Bertz CT molecular complexity index is 1940. The van der Waals surface area contributed by atoms with Crippen LogP contribution in [0.5, 0.6) is 0 Å². The molecule has 12 heteroatoms. The monoisotopic (exact) mass is 689 g/mol. The second-order valence-electron chi connectivity index (χ2n) is 13.5. The van der Waals surface area contributed by atoms with Crippen molar-refractivity contribution in [2.75, 3.05) is 13.2 Å². The molecule has 0 spiro atoms. The Balaban J connectivity index is 1.23. The molecule has 0 radical (unpaired) electrons. The molecular weight excluding hydrogens is 646 g/mol. The van der Waals surface area contributed by atoms with E-state index in [4.69, 9.17) is 26.5 Å². The molecule has 1 aromatic carbocycles. The number of hydrogen-bond acceptors (Lipinski definition) is 8. The number of allylic oxidation sites excluding steroid dienone is 1. The largest absolute Gasteiger partial charge is 0.492 e. The maximum atomic E-state index is 10.7. The molecule has 3 aliphatic heterocycles. The highest BCUT2D eigenvalue weighted by molar-refractivity contribution is 7.99. The van der Waals surface area contributed by atoms with Crippen LogP contribution in [-0.4, -0.2) is 52.7 Å². The molecule has 4 aliphatic rings. The van der Waals surface area contributed by atoms with Crippen LogP contribution < -0.4 is 10.6 Å². The Labute approximate surface area is 290 Å². The maximum Gasteiger partial charge on any atom is 0.194 e. The van der Waals surface area contributed by atoms with E-state index in [0.29, 0.717) is 42.1 Å². The van der Waals surface area contributed by atoms with Crippen molar-refractivity contribution >= 4 is 34.3 Å². The summed E-state index contributed by atoms with van der Waals surface area (Å²) < 4.78 is 12.6. The van der Waals surface area contributed by atoms with Crippen molar-refractivity contribution in [1.29, 1.82) is 0 Å². The van der Waals surface area contributed by atoms with E-state index in [2.05, 4.69) is 27.5 Å². The first-order valence-electron chi connectivity index (χ1n) is 17.3. The molecule has 8 bridgehead atoms. The first-order chi connectivity index (χ1) is 23.4. The lowest BCUT2D eigenvalue weighted by atomic mass is 9.93. The molecule has 1 unspecified atom stereocenters. The highest BCUT2D eigenvalue weighted by Crippen LogP contribution is 2.44. The van der Waals surface area contributed by atoms with E-state index in [9.17, 15) is 10.2 Å². The number of nitrogens with zero attached hydrogens (tertiary/aromatic N) is 5. The number of hydrogen-bond donors (Lipinski definition) is 4. The minimum atomic E-state index is -1.63. The number of aliphatic hydroxyl groups is 2. The molecule has 48 heavy (non-hydrogen) atoms. The standard InChI is InChI=1S/C36H44ClN7O3S/c1-42-34-26-10-11-27(37)31(34)32-28(41-44-13-4-3-9-29(32)44)19-38-18-22-16-23(43(2)40-22)20-48-24-15-21-7-5-12-39-33(21)30(17-24)47-14-6-8-25(26)35(42)36(45)46/h10-11,16-17,24,36,38-39,45-46H,3-9,12-15,18-20H2,1-2H3. The van der Waals surface area contributed by atoms with Gasteiger partial charge >= 0.3 is 0 Å². The molecule has 4 aromatic rings. The van der Waals surface area contributed by atoms with Gasteiger partial charge in [-0.1, -0.05) is 17.7 Å². The summed E-state index contributed by atoms with van der Waals surface area (Å²) in [7, 11) is 3.94. The third kappa shape index (κ3) is 5.77. The van der Waals surface area contributed by atoms with E-state index in [0.717, 1.165) is 109 Å². The highest BCUT2D eigenvalue weighted by Gasteiger charge is 2.30. The lowest BCUT2D eigenvalue weighted by Crippen LogP contribution is -2.28. The number of aromatic nitrogens is 5. The fourth-order valence-electron chi connectivity index (χ4n) is 8.14. The van der Waals surface area contributed by atoms with Gasteiger partial charge in [0, 0.05) is 79.2 Å². The SMILES string of the molecule is Cn1nc2cc1CSC1C=C(OCCCc3c(C(O)O)n(C)c4c(c(Cl)ccc34)-c3c(nn4c3CCCC4)CNC2)C2=C(CCCN2)C1. The van der Waals surface area contributed by atoms with Crippen LogP contribution in [0.25, 0.3) is 22.0 Å². The van der Waals surface area contributed by atoms with Gasteiger partial charge in [0.05, 0.1) is 39.9 Å². The number of fused-ring (bicyclic) bond motifs is 8. The highest BCUT2D eigenvalue weighted by atomic mass is 35.5. The molecule has 3 aromatic heterocycles. The molecule has 6 heterocycles. The molecule has 254 valence electrons. The molecule has 0 saturated carbocycles. The smallest absolute Gasteiger partial charge is 0.194 e. The Morgan fingerprint density at radius 3 is 2.81 bits per heavy atom. The molecule has 1 atom stereocenters. The number of aryl methyl sites for hydroxylation is 4. The normalized spacial score (nSPS) is 20.5. The Morgan fingerprint density at radius 1 is 1.04 bits per heavy atom. The maximum absolute atomic E-state index is 10.7. The van der Waals surface area contributed by atoms with Gasteiger partial charge in [-0.25, -0.2) is 0 Å². The van der Waals surface area contributed by atoms with Crippen molar-refractivity contribution in [1.82, 2.24) is 34.8 Å². The summed E-state index contributed by atoms with van der Waals surface area (Å²) in [6, 6.07) is 6.19. The summed E-state index contributed by atoms with van der Waals surface area (Å²) in [6.07, 6.45) is 8.41. The van der Waals surface area contributed by atoms with E-state index in [1.165, 1.54) is 22.7 Å². The number of rotatable bonds is 1. The van der Waals surface area contributed by atoms with Crippen LogP contribution in [0.1, 0.15) is 78.8 Å². The van der Waals surface area contributed by atoms with Crippen molar-refractivity contribution in [3.05, 3.63) is 80.4 Å². The number of ether oxygens (including phenoxy) is 1. The lowest BCUT2D eigenvalue weighted by Gasteiger charge is -2.30. The minimum Gasteiger partial charge on any atom is -0.492 e. The first-order valence-corrected chi connectivity index (χ1v) is 18.7. The van der Waals surface area contributed by atoms with Gasteiger partial charge in [-0.05, 0) is 80.7 Å². The molecular formula is C36H44ClN7O3S. The van der Waals surface area contributed by atoms with E-state index in [1.54, 1.807) is 0 Å². The van der Waals surface area contributed by atoms with E-state index in [1.807, 2.05) is 47.2 Å². The summed E-state index contributed by atoms with van der Waals surface area (Å²) >= 11 is 9.06. The minimum absolute atomic E-state index is 0.326. The van der Waals surface area contributed by atoms with Gasteiger partial charge in [0.2, 0.25) is 0 Å². The van der Waals surface area contributed by atoms with E-state index < -0.39 is 6.29 Å². The van der Waals surface area contributed by atoms with Crippen molar-refractivity contribution in [2.45, 2.75) is 88.3 Å². The topological polar surface area (TPSA) is 114 Å². The third-order valence-electron chi connectivity index (χ3n) is 10.4. The summed E-state index contributed by atoms with van der Waals surface area (Å²) in [4.78, 5) is 0. The second-order valence-corrected chi connectivity index (χ2v) is 15.1. The summed E-state index contributed by atoms with van der Waals surface area (Å²) in [6.45, 7) is 3.55. The lowest BCUT2D eigenvalue weighted by molar-refractivity contribution is -0.0481. The average molecular weight is 690 g/mol. The van der Waals surface area contributed by atoms with Crippen LogP contribution in [0.15, 0.2) is 41.3 Å². The quantitative estimate of drug-likeness (QED) is 0.193. The van der Waals surface area contributed by atoms with Crippen LogP contribution >= 0.6 is 23.4 Å². The van der Waals surface area contributed by atoms with Crippen LogP contribution in [0.3, 0.4) is 0 Å². The molecule has 10 nitrogen and oxygen atoms in total. The fraction of sp³-hybridized carbons (Fsp3) is 0.500. The molecule has 0 fully saturated rings. The zero-order valence-corrected chi connectivity index (χ0v) is 29.3. The van der Waals surface area contributed by atoms with Gasteiger partial charge in [-0.2, -0.15) is 10.2 Å². The number of nitrogens with one attached hydrogen (secondary N) is 2. The van der Waals surface area contributed by atoms with Crippen LogP contribution in [0.4, 0.5) is 0 Å². The van der Waals surface area contributed by atoms with Crippen molar-refractivity contribution in [3.63, 3.8) is 0 Å². The van der Waals surface area contributed by atoms with Crippen molar-refractivity contribution in [3.8, 4) is 11.1 Å². The zero-order valence-electron chi connectivity index (χ0n) is 27.7. The van der Waals surface area contributed by atoms with E-state index in [-0.39, 0.29) is 0 Å². The predicted octanol–water partition coefficient (Wildman–Crippen LogP) is 5.53. The molecule has 1 aliphatic carbocycles. The predicted molar refractivity (Wildman–Crippen MR) is 189 cm³/mol. The molecule has 0 amide bonds. The molecule has 4 N–H and O–H groups in total.